The van der Waals surface area contributed by atoms with Crippen molar-refractivity contribution in [3.8, 4) is 0 Å². The molecular weight excluding hydrogens is 234 g/mol. The van der Waals surface area contributed by atoms with Crippen molar-refractivity contribution >= 4 is 11.9 Å². The third-order valence-corrected chi connectivity index (χ3v) is 3.78. The Labute approximate surface area is 115 Å². The molecule has 0 radical (unpaired) electrons. The number of ketones is 1. The first kappa shape index (κ1) is 14.0. The van der Waals surface area contributed by atoms with Gasteiger partial charge < -0.3 is 5.32 Å². The minimum absolute atomic E-state index is 0.159. The van der Waals surface area contributed by atoms with E-state index < -0.39 is 0 Å². The first-order chi connectivity index (χ1) is 9.25. The molecule has 0 heterocycles. The largest absolute Gasteiger partial charge is 0.310 e. The van der Waals surface area contributed by atoms with E-state index in [0.29, 0.717) is 12.6 Å². The zero-order valence-corrected chi connectivity index (χ0v) is 11.7. The summed E-state index contributed by atoms with van der Waals surface area (Å²) in [4.78, 5) is 11.7. The number of hydrogen-bond acceptors (Lipinski definition) is 2. The van der Waals surface area contributed by atoms with E-state index in [2.05, 4.69) is 5.32 Å². The van der Waals surface area contributed by atoms with E-state index in [1.165, 1.54) is 32.1 Å². The van der Waals surface area contributed by atoms with Crippen LogP contribution in [0.3, 0.4) is 0 Å². The summed E-state index contributed by atoms with van der Waals surface area (Å²) in [5, 5.41) is 3.53. The number of benzene rings is 1. The fourth-order valence-electron chi connectivity index (χ4n) is 2.59. The molecule has 0 saturated heterocycles. The number of Topliss-reactive ketones (excluding diaryl/α,β-unsaturated/α-hetero) is 1. The molecular formula is C17H23NO. The highest BCUT2D eigenvalue weighted by molar-refractivity contribution is 5.98. The Kier molecular flexibility index (Phi) is 5.34. The van der Waals surface area contributed by atoms with Gasteiger partial charge in [0.1, 0.15) is 0 Å². The zero-order valence-electron chi connectivity index (χ0n) is 11.7. The lowest BCUT2D eigenvalue weighted by molar-refractivity contribution is -0.113. The Balaban J connectivity index is 1.96. The summed E-state index contributed by atoms with van der Waals surface area (Å²) in [6.07, 6.45) is 8.48. The van der Waals surface area contributed by atoms with Gasteiger partial charge >= 0.3 is 0 Å². The summed E-state index contributed by atoms with van der Waals surface area (Å²) in [7, 11) is 0. The third kappa shape index (κ3) is 4.64. The fraction of sp³-hybridized carbons (Fsp3) is 0.471. The molecule has 0 bridgehead atoms. The lowest BCUT2D eigenvalue weighted by atomic mass is 9.95. The van der Waals surface area contributed by atoms with Gasteiger partial charge in [0, 0.05) is 18.2 Å². The van der Waals surface area contributed by atoms with E-state index >= 15 is 0 Å². The van der Waals surface area contributed by atoms with Crippen LogP contribution in [-0.2, 0) is 4.79 Å². The second-order valence-corrected chi connectivity index (χ2v) is 5.35. The highest BCUT2D eigenvalue weighted by Gasteiger charge is 2.13. The molecule has 1 fully saturated rings. The molecule has 1 aliphatic carbocycles. The molecule has 0 amide bonds. The molecule has 1 saturated carbocycles. The highest BCUT2D eigenvalue weighted by Crippen LogP contribution is 2.17. The molecule has 1 aliphatic rings. The van der Waals surface area contributed by atoms with E-state index in [9.17, 15) is 4.79 Å². The molecule has 2 nitrogen and oxygen atoms in total. The van der Waals surface area contributed by atoms with Crippen molar-refractivity contribution < 1.29 is 4.79 Å². The molecule has 2 heteroatoms. The molecule has 0 aromatic heterocycles. The second kappa shape index (κ2) is 7.25. The van der Waals surface area contributed by atoms with Gasteiger partial charge in [0.25, 0.3) is 0 Å². The lowest BCUT2D eigenvalue weighted by Gasteiger charge is -2.23. The first-order valence-electron chi connectivity index (χ1n) is 7.25. The van der Waals surface area contributed by atoms with Crippen LogP contribution in [0.2, 0.25) is 0 Å². The Morgan fingerprint density at radius 2 is 1.89 bits per heavy atom. The SMILES string of the molecule is CC(=O)/C(=C\c1ccccc1)CNC1CCCCC1. The third-order valence-electron chi connectivity index (χ3n) is 3.78. The number of carbonyl (C=O) groups is 1. The normalized spacial score (nSPS) is 17.4. The average Bonchev–Trinajstić information content (AvgIpc) is 2.45. The maximum Gasteiger partial charge on any atom is 0.157 e. The quantitative estimate of drug-likeness (QED) is 0.817. The van der Waals surface area contributed by atoms with Crippen LogP contribution in [0.25, 0.3) is 6.08 Å². The van der Waals surface area contributed by atoms with Gasteiger partial charge in [-0.05, 0) is 31.4 Å². The van der Waals surface area contributed by atoms with Crippen molar-refractivity contribution in [2.24, 2.45) is 0 Å². The van der Waals surface area contributed by atoms with Crippen LogP contribution in [0.5, 0.6) is 0 Å². The maximum absolute atomic E-state index is 11.7. The minimum atomic E-state index is 0.159. The predicted molar refractivity (Wildman–Crippen MR) is 80.0 cm³/mol. The monoisotopic (exact) mass is 257 g/mol. The summed E-state index contributed by atoms with van der Waals surface area (Å²) in [5.41, 5.74) is 1.97. The van der Waals surface area contributed by atoms with Gasteiger partial charge in [0.05, 0.1) is 0 Å². The molecule has 19 heavy (non-hydrogen) atoms. The van der Waals surface area contributed by atoms with E-state index in [4.69, 9.17) is 0 Å². The molecule has 102 valence electrons. The Morgan fingerprint density at radius 1 is 1.21 bits per heavy atom. The van der Waals surface area contributed by atoms with E-state index in [1.54, 1.807) is 6.92 Å². The van der Waals surface area contributed by atoms with Gasteiger partial charge in [-0.15, -0.1) is 0 Å². The maximum atomic E-state index is 11.7. The molecule has 1 aromatic rings. The smallest absolute Gasteiger partial charge is 0.157 e. The molecule has 0 aliphatic heterocycles. The van der Waals surface area contributed by atoms with Crippen LogP contribution in [0.4, 0.5) is 0 Å². The van der Waals surface area contributed by atoms with Gasteiger partial charge in [0.2, 0.25) is 0 Å². The van der Waals surface area contributed by atoms with Crippen LogP contribution in [0, 0.1) is 0 Å². The van der Waals surface area contributed by atoms with Crippen LogP contribution >= 0.6 is 0 Å². The van der Waals surface area contributed by atoms with Gasteiger partial charge in [0.15, 0.2) is 5.78 Å². The number of nitrogens with one attached hydrogen (secondary N) is 1. The van der Waals surface area contributed by atoms with Crippen LogP contribution in [0.15, 0.2) is 35.9 Å². The number of rotatable bonds is 5. The minimum Gasteiger partial charge on any atom is -0.310 e. The lowest BCUT2D eigenvalue weighted by Crippen LogP contribution is -2.33. The van der Waals surface area contributed by atoms with Crippen molar-refractivity contribution in [1.82, 2.24) is 5.32 Å². The van der Waals surface area contributed by atoms with Gasteiger partial charge in [-0.1, -0.05) is 49.6 Å². The Hall–Kier alpha value is -1.41. The van der Waals surface area contributed by atoms with Crippen LogP contribution in [-0.4, -0.2) is 18.4 Å². The molecule has 0 spiro atoms. The van der Waals surface area contributed by atoms with Gasteiger partial charge in [-0.2, -0.15) is 0 Å². The van der Waals surface area contributed by atoms with Gasteiger partial charge in [-0.3, -0.25) is 4.79 Å². The molecule has 2 rings (SSSR count). The van der Waals surface area contributed by atoms with E-state index in [1.807, 2.05) is 36.4 Å². The van der Waals surface area contributed by atoms with E-state index in [0.717, 1.165) is 11.1 Å². The molecule has 1 N–H and O–H groups in total. The number of hydrogen-bond donors (Lipinski definition) is 1. The van der Waals surface area contributed by atoms with Crippen molar-refractivity contribution in [3.63, 3.8) is 0 Å². The predicted octanol–water partition coefficient (Wildman–Crippen LogP) is 3.58. The molecule has 0 atom stereocenters. The summed E-state index contributed by atoms with van der Waals surface area (Å²) in [6.45, 7) is 2.34. The molecule has 0 unspecified atom stereocenters. The fourth-order valence-corrected chi connectivity index (χ4v) is 2.59. The van der Waals surface area contributed by atoms with Crippen LogP contribution < -0.4 is 5.32 Å². The zero-order chi connectivity index (χ0) is 13.5. The topological polar surface area (TPSA) is 29.1 Å². The van der Waals surface area contributed by atoms with Crippen molar-refractivity contribution in [1.29, 1.82) is 0 Å². The van der Waals surface area contributed by atoms with Crippen LogP contribution in [0.1, 0.15) is 44.6 Å². The van der Waals surface area contributed by atoms with Crippen molar-refractivity contribution in [3.05, 3.63) is 41.5 Å². The summed E-state index contributed by atoms with van der Waals surface area (Å²) >= 11 is 0. The highest BCUT2D eigenvalue weighted by atomic mass is 16.1. The Bertz CT molecular complexity index is 430. The Morgan fingerprint density at radius 3 is 2.53 bits per heavy atom. The standard InChI is InChI=1S/C17H23NO/c1-14(19)16(12-15-8-4-2-5-9-15)13-18-17-10-6-3-7-11-17/h2,4-5,8-9,12,17-18H,3,6-7,10-11,13H2,1H3/b16-12-. The number of carbonyl (C=O) groups excluding carboxylic acids is 1. The average molecular weight is 257 g/mol. The van der Waals surface area contributed by atoms with Gasteiger partial charge in [-0.25, -0.2) is 0 Å². The first-order valence-corrected chi connectivity index (χ1v) is 7.25. The summed E-state index contributed by atoms with van der Waals surface area (Å²) in [6, 6.07) is 10.6. The summed E-state index contributed by atoms with van der Waals surface area (Å²) < 4.78 is 0. The molecule has 1 aromatic carbocycles. The van der Waals surface area contributed by atoms with Crippen molar-refractivity contribution in [2.75, 3.05) is 6.54 Å². The van der Waals surface area contributed by atoms with Crippen molar-refractivity contribution in [2.45, 2.75) is 45.1 Å². The summed E-state index contributed by atoms with van der Waals surface area (Å²) in [5.74, 6) is 0.159. The van der Waals surface area contributed by atoms with E-state index in [-0.39, 0.29) is 5.78 Å². The second-order valence-electron chi connectivity index (χ2n) is 5.35.